The number of fused-ring (bicyclic) bond motifs is 2. The Labute approximate surface area is 193 Å². The Morgan fingerprint density at radius 3 is 2.47 bits per heavy atom. The van der Waals surface area contributed by atoms with Crippen LogP contribution in [0.15, 0.2) is 42.5 Å². The number of nitrogens with zero attached hydrogens (tertiary/aromatic N) is 3. The van der Waals surface area contributed by atoms with Crippen LogP contribution in [0, 0.1) is 0 Å². The fourth-order valence-electron chi connectivity index (χ4n) is 4.50. The molecule has 34 heavy (non-hydrogen) atoms. The lowest BCUT2D eigenvalue weighted by molar-refractivity contribution is -0.199. The SMILES string of the molecule is O=C(Nc1ccc2c(c1)CCN(C1CCC1)CC2)c1nc2ccccc2n1OC(=O)C(F)(F)F. The number of hydrogen-bond donors (Lipinski definition) is 1. The molecule has 1 fully saturated rings. The summed E-state index contributed by atoms with van der Waals surface area (Å²) in [7, 11) is 0. The van der Waals surface area contributed by atoms with Crippen LogP contribution in [0.25, 0.3) is 11.0 Å². The Hall–Kier alpha value is -3.40. The van der Waals surface area contributed by atoms with Crippen LogP contribution in [0.1, 0.15) is 41.0 Å². The smallest absolute Gasteiger partial charge is 0.325 e. The number of para-hydroxylation sites is 2. The largest absolute Gasteiger partial charge is 0.493 e. The summed E-state index contributed by atoms with van der Waals surface area (Å²) in [5, 5.41) is 2.69. The van der Waals surface area contributed by atoms with E-state index in [2.05, 4.69) is 20.0 Å². The number of carbonyl (C=O) groups excluding carboxylic acids is 2. The highest BCUT2D eigenvalue weighted by atomic mass is 19.4. The van der Waals surface area contributed by atoms with Crippen LogP contribution >= 0.6 is 0 Å². The van der Waals surface area contributed by atoms with Crippen molar-refractivity contribution in [1.82, 2.24) is 14.6 Å². The minimum atomic E-state index is -5.22. The van der Waals surface area contributed by atoms with Gasteiger partial charge in [-0.2, -0.15) is 13.2 Å². The summed E-state index contributed by atoms with van der Waals surface area (Å²) in [5.74, 6) is -3.67. The van der Waals surface area contributed by atoms with Gasteiger partial charge in [-0.1, -0.05) is 24.6 Å². The van der Waals surface area contributed by atoms with E-state index in [0.717, 1.165) is 31.5 Å². The first-order valence-corrected chi connectivity index (χ1v) is 11.2. The Morgan fingerprint density at radius 2 is 1.76 bits per heavy atom. The molecule has 178 valence electrons. The average molecular weight is 472 g/mol. The van der Waals surface area contributed by atoms with E-state index >= 15 is 0 Å². The van der Waals surface area contributed by atoms with Crippen molar-refractivity contribution in [2.45, 2.75) is 44.3 Å². The number of rotatable bonds is 4. The Bertz CT molecular complexity index is 1250. The van der Waals surface area contributed by atoms with E-state index < -0.39 is 23.9 Å². The van der Waals surface area contributed by atoms with Crippen LogP contribution < -0.4 is 10.2 Å². The number of anilines is 1. The zero-order valence-electron chi connectivity index (χ0n) is 18.3. The summed E-state index contributed by atoms with van der Waals surface area (Å²) in [6.07, 6.45) is 0.354. The lowest BCUT2D eigenvalue weighted by Crippen LogP contribution is -2.41. The Balaban J connectivity index is 1.38. The molecule has 1 aliphatic heterocycles. The van der Waals surface area contributed by atoms with E-state index in [0.29, 0.717) is 16.5 Å². The molecule has 0 spiro atoms. The van der Waals surface area contributed by atoms with Crippen molar-refractivity contribution < 1.29 is 27.6 Å². The first-order chi connectivity index (χ1) is 16.3. The summed E-state index contributed by atoms with van der Waals surface area (Å²) < 4.78 is 38.9. The number of nitrogens with one attached hydrogen (secondary N) is 1. The number of amides is 1. The van der Waals surface area contributed by atoms with Gasteiger partial charge in [0.05, 0.1) is 5.52 Å². The maximum Gasteiger partial charge on any atom is 0.493 e. The molecular weight excluding hydrogens is 449 g/mol. The fraction of sp³-hybridized carbons (Fsp3) is 0.375. The van der Waals surface area contributed by atoms with Gasteiger partial charge in [0, 0.05) is 24.8 Å². The van der Waals surface area contributed by atoms with Crippen LogP contribution in [0.4, 0.5) is 18.9 Å². The van der Waals surface area contributed by atoms with Gasteiger partial charge in [0.15, 0.2) is 0 Å². The lowest BCUT2D eigenvalue weighted by Gasteiger charge is -2.36. The molecule has 10 heteroatoms. The topological polar surface area (TPSA) is 76.5 Å². The molecule has 0 radical (unpaired) electrons. The van der Waals surface area contributed by atoms with Crippen molar-refractivity contribution in [3.8, 4) is 0 Å². The molecule has 0 unspecified atom stereocenters. The second kappa shape index (κ2) is 8.75. The van der Waals surface area contributed by atoms with Gasteiger partial charge in [0.25, 0.3) is 5.91 Å². The maximum absolute atomic E-state index is 13.0. The third kappa shape index (κ3) is 4.37. The van der Waals surface area contributed by atoms with Crippen LogP contribution in [-0.4, -0.2) is 51.8 Å². The van der Waals surface area contributed by atoms with Crippen molar-refractivity contribution in [1.29, 1.82) is 0 Å². The van der Waals surface area contributed by atoms with E-state index in [1.165, 1.54) is 37.0 Å². The average Bonchev–Trinajstić information content (AvgIpc) is 3.00. The summed E-state index contributed by atoms with van der Waals surface area (Å²) >= 11 is 0. The van der Waals surface area contributed by atoms with E-state index in [1.807, 2.05) is 12.1 Å². The molecule has 0 atom stereocenters. The van der Waals surface area contributed by atoms with Gasteiger partial charge < -0.3 is 10.2 Å². The third-order valence-corrected chi connectivity index (χ3v) is 6.52. The van der Waals surface area contributed by atoms with Gasteiger partial charge in [-0.25, -0.2) is 9.78 Å². The molecule has 0 saturated heterocycles. The van der Waals surface area contributed by atoms with E-state index in [4.69, 9.17) is 0 Å². The highest BCUT2D eigenvalue weighted by Gasteiger charge is 2.43. The summed E-state index contributed by atoms with van der Waals surface area (Å²) in [5.41, 5.74) is 3.16. The van der Waals surface area contributed by atoms with E-state index in [1.54, 1.807) is 18.2 Å². The van der Waals surface area contributed by atoms with Gasteiger partial charge in [0.2, 0.25) is 5.82 Å². The zero-order chi connectivity index (χ0) is 23.9. The van der Waals surface area contributed by atoms with Crippen LogP contribution in [0.2, 0.25) is 0 Å². The third-order valence-electron chi connectivity index (χ3n) is 6.52. The standard InChI is InChI=1S/C24H23F3N4O3/c25-24(26,27)23(33)34-31-20-7-2-1-6-19(20)29-21(31)22(32)28-17-9-8-15-10-12-30(18-4-3-5-18)13-11-16(15)14-17/h1-2,6-9,14,18H,3-5,10-13H2,(H,28,32). The van der Waals surface area contributed by atoms with Crippen molar-refractivity contribution >= 4 is 28.6 Å². The lowest BCUT2D eigenvalue weighted by atomic mass is 9.91. The number of benzene rings is 2. The quantitative estimate of drug-likeness (QED) is 0.626. The Kier molecular flexibility index (Phi) is 5.76. The molecule has 2 aromatic carbocycles. The number of aromatic nitrogens is 2. The number of imidazole rings is 1. The zero-order valence-corrected chi connectivity index (χ0v) is 18.3. The first kappa shape index (κ1) is 22.4. The number of alkyl halides is 3. The molecule has 5 rings (SSSR count). The molecule has 1 aliphatic carbocycles. The predicted octanol–water partition coefficient (Wildman–Crippen LogP) is 3.76. The molecule has 1 saturated carbocycles. The molecule has 1 N–H and O–H groups in total. The van der Waals surface area contributed by atoms with E-state index in [-0.39, 0.29) is 11.0 Å². The first-order valence-electron chi connectivity index (χ1n) is 11.2. The molecule has 1 amide bonds. The van der Waals surface area contributed by atoms with E-state index in [9.17, 15) is 22.8 Å². The van der Waals surface area contributed by atoms with Crippen LogP contribution in [-0.2, 0) is 17.6 Å². The molecule has 1 aromatic heterocycles. The van der Waals surface area contributed by atoms with Crippen LogP contribution in [0.5, 0.6) is 0 Å². The number of halogens is 3. The Morgan fingerprint density at radius 1 is 1.03 bits per heavy atom. The second-order valence-electron chi connectivity index (χ2n) is 8.65. The van der Waals surface area contributed by atoms with Crippen molar-refractivity contribution in [3.63, 3.8) is 0 Å². The summed E-state index contributed by atoms with van der Waals surface area (Å²) in [6.45, 7) is 1.97. The van der Waals surface area contributed by atoms with Gasteiger partial charge in [-0.05, 0) is 61.1 Å². The van der Waals surface area contributed by atoms with Crippen molar-refractivity contribution in [3.05, 3.63) is 59.4 Å². The van der Waals surface area contributed by atoms with Gasteiger partial charge in [0.1, 0.15) is 5.52 Å². The number of carbonyl (C=O) groups is 2. The van der Waals surface area contributed by atoms with Gasteiger partial charge in [-0.3, -0.25) is 9.69 Å². The fourth-order valence-corrected chi connectivity index (χ4v) is 4.50. The normalized spacial score (nSPS) is 17.0. The van der Waals surface area contributed by atoms with Crippen LogP contribution in [0.3, 0.4) is 0 Å². The second-order valence-corrected chi connectivity index (χ2v) is 8.65. The van der Waals surface area contributed by atoms with Gasteiger partial charge in [-0.15, -0.1) is 4.73 Å². The summed E-state index contributed by atoms with van der Waals surface area (Å²) in [4.78, 5) is 35.6. The minimum Gasteiger partial charge on any atom is -0.325 e. The van der Waals surface area contributed by atoms with Crippen molar-refractivity contribution in [2.24, 2.45) is 0 Å². The molecular formula is C24H23F3N4O3. The number of hydrogen-bond acceptors (Lipinski definition) is 5. The summed E-state index contributed by atoms with van der Waals surface area (Å²) in [6, 6.07) is 12.4. The van der Waals surface area contributed by atoms with Gasteiger partial charge >= 0.3 is 12.1 Å². The van der Waals surface area contributed by atoms with Crippen molar-refractivity contribution in [2.75, 3.05) is 18.4 Å². The maximum atomic E-state index is 13.0. The molecule has 2 aliphatic rings. The minimum absolute atomic E-state index is 0.0725. The molecule has 3 aromatic rings. The molecule has 7 nitrogen and oxygen atoms in total. The highest BCUT2D eigenvalue weighted by Crippen LogP contribution is 2.28. The molecule has 2 heterocycles. The monoisotopic (exact) mass is 472 g/mol. The predicted molar refractivity (Wildman–Crippen MR) is 118 cm³/mol. The highest BCUT2D eigenvalue weighted by molar-refractivity contribution is 6.04. The molecule has 0 bridgehead atoms.